The van der Waals surface area contributed by atoms with Crippen LogP contribution in [0.25, 0.3) is 0 Å². The first-order valence-corrected chi connectivity index (χ1v) is 3.23. The van der Waals surface area contributed by atoms with Crippen LogP contribution in [-0.4, -0.2) is 4.92 Å². The van der Waals surface area contributed by atoms with E-state index in [9.17, 15) is 10.1 Å². The second-order valence-corrected chi connectivity index (χ2v) is 2.41. The first-order valence-electron chi connectivity index (χ1n) is 2.44. The zero-order valence-corrected chi connectivity index (χ0v) is 6.38. The standard InChI is InChI=1S/C6H2BrNO2/c7-5-3-1-2-4-6(5)8(9)10/h1,3H. The number of hydrogen-bond donors (Lipinski definition) is 0. The number of halogens is 1. The van der Waals surface area contributed by atoms with Gasteiger partial charge in [0.25, 0.3) is 5.69 Å². The summed E-state index contributed by atoms with van der Waals surface area (Å²) in [5.41, 5.74) is -0.0810. The Hall–Kier alpha value is -0.900. The number of rotatable bonds is 1. The van der Waals surface area contributed by atoms with E-state index in [2.05, 4.69) is 28.1 Å². The van der Waals surface area contributed by atoms with Gasteiger partial charge in [0.15, 0.2) is 0 Å². The zero-order chi connectivity index (χ0) is 7.56. The summed E-state index contributed by atoms with van der Waals surface area (Å²) in [7, 11) is 0. The SMILES string of the molecule is O=[N+]([O-])c1[c][c]ccc1Br. The summed E-state index contributed by atoms with van der Waals surface area (Å²) in [6.45, 7) is 0. The predicted octanol–water partition coefficient (Wildman–Crippen LogP) is 1.96. The van der Waals surface area contributed by atoms with Crippen LogP contribution in [0, 0.1) is 22.2 Å². The number of nitro benzene ring substituents is 1. The van der Waals surface area contributed by atoms with Gasteiger partial charge in [-0.2, -0.15) is 0 Å². The molecule has 0 heterocycles. The minimum absolute atomic E-state index is 0.0810. The van der Waals surface area contributed by atoms with Crippen molar-refractivity contribution in [3.63, 3.8) is 0 Å². The molecule has 1 aromatic carbocycles. The summed E-state index contributed by atoms with van der Waals surface area (Å²) < 4.78 is 0.427. The van der Waals surface area contributed by atoms with Crippen molar-refractivity contribution < 1.29 is 4.92 Å². The highest BCUT2D eigenvalue weighted by Gasteiger charge is 2.08. The zero-order valence-electron chi connectivity index (χ0n) is 4.80. The highest BCUT2D eigenvalue weighted by Crippen LogP contribution is 2.21. The fourth-order valence-corrected chi connectivity index (χ4v) is 0.872. The first-order chi connectivity index (χ1) is 4.72. The molecule has 0 N–H and O–H groups in total. The van der Waals surface area contributed by atoms with Crippen molar-refractivity contribution in [2.24, 2.45) is 0 Å². The van der Waals surface area contributed by atoms with Crippen LogP contribution in [0.1, 0.15) is 0 Å². The summed E-state index contributed by atoms with van der Waals surface area (Å²) in [6, 6.07) is 7.95. The molecule has 0 bridgehead atoms. The molecule has 0 saturated heterocycles. The van der Waals surface area contributed by atoms with E-state index in [1.807, 2.05) is 0 Å². The van der Waals surface area contributed by atoms with Crippen molar-refractivity contribution in [1.29, 1.82) is 0 Å². The Bertz CT molecular complexity index is 262. The van der Waals surface area contributed by atoms with E-state index in [0.29, 0.717) is 4.47 Å². The third-order valence-electron chi connectivity index (χ3n) is 0.912. The Morgan fingerprint density at radius 3 is 2.80 bits per heavy atom. The van der Waals surface area contributed by atoms with Gasteiger partial charge in [-0.25, -0.2) is 0 Å². The maximum atomic E-state index is 10.1. The van der Waals surface area contributed by atoms with Crippen LogP contribution in [0.5, 0.6) is 0 Å². The molecular formula is C6H2BrNO2. The highest BCUT2D eigenvalue weighted by molar-refractivity contribution is 9.10. The van der Waals surface area contributed by atoms with Crippen molar-refractivity contribution in [2.45, 2.75) is 0 Å². The van der Waals surface area contributed by atoms with Crippen LogP contribution in [0.3, 0.4) is 0 Å². The maximum absolute atomic E-state index is 10.1. The highest BCUT2D eigenvalue weighted by atomic mass is 79.9. The lowest BCUT2D eigenvalue weighted by Crippen LogP contribution is -1.87. The van der Waals surface area contributed by atoms with E-state index in [1.54, 1.807) is 12.1 Å². The topological polar surface area (TPSA) is 43.1 Å². The monoisotopic (exact) mass is 199 g/mol. The molecule has 0 aromatic heterocycles. The first kappa shape index (κ1) is 7.21. The van der Waals surface area contributed by atoms with Gasteiger partial charge >= 0.3 is 0 Å². The molecule has 0 atom stereocenters. The lowest BCUT2D eigenvalue weighted by molar-refractivity contribution is -0.386. The van der Waals surface area contributed by atoms with Crippen LogP contribution in [0.2, 0.25) is 0 Å². The Morgan fingerprint density at radius 2 is 2.40 bits per heavy atom. The molecule has 10 heavy (non-hydrogen) atoms. The molecule has 0 amide bonds. The summed E-state index contributed by atoms with van der Waals surface area (Å²) in [5, 5.41) is 10.1. The van der Waals surface area contributed by atoms with E-state index in [1.165, 1.54) is 0 Å². The van der Waals surface area contributed by atoms with Crippen molar-refractivity contribution in [3.05, 3.63) is 38.9 Å². The van der Waals surface area contributed by atoms with Crippen LogP contribution < -0.4 is 0 Å². The van der Waals surface area contributed by atoms with E-state index in [0.717, 1.165) is 0 Å². The van der Waals surface area contributed by atoms with E-state index in [-0.39, 0.29) is 5.69 Å². The molecule has 0 aliphatic carbocycles. The fraction of sp³-hybridized carbons (Fsp3) is 0. The second-order valence-electron chi connectivity index (χ2n) is 1.56. The number of benzene rings is 1. The van der Waals surface area contributed by atoms with Crippen molar-refractivity contribution in [2.75, 3.05) is 0 Å². The van der Waals surface area contributed by atoms with Crippen LogP contribution in [-0.2, 0) is 0 Å². The molecule has 0 spiro atoms. The van der Waals surface area contributed by atoms with Gasteiger partial charge in [-0.05, 0) is 28.1 Å². The van der Waals surface area contributed by atoms with Crippen molar-refractivity contribution >= 4 is 21.6 Å². The number of nitro groups is 1. The van der Waals surface area contributed by atoms with Gasteiger partial charge in [0.1, 0.15) is 0 Å². The van der Waals surface area contributed by atoms with Gasteiger partial charge in [-0.1, -0.05) is 6.07 Å². The van der Waals surface area contributed by atoms with Gasteiger partial charge in [-0.3, -0.25) is 10.1 Å². The fourth-order valence-electron chi connectivity index (χ4n) is 0.496. The van der Waals surface area contributed by atoms with Gasteiger partial charge in [0.05, 0.1) is 15.5 Å². The molecule has 0 aliphatic heterocycles. The van der Waals surface area contributed by atoms with E-state index in [4.69, 9.17) is 0 Å². The van der Waals surface area contributed by atoms with Crippen LogP contribution in [0.15, 0.2) is 16.6 Å². The lowest BCUT2D eigenvalue weighted by atomic mass is 10.3. The minimum atomic E-state index is -0.513. The van der Waals surface area contributed by atoms with Gasteiger partial charge < -0.3 is 0 Å². The van der Waals surface area contributed by atoms with E-state index >= 15 is 0 Å². The number of nitrogens with zero attached hydrogens (tertiary/aromatic N) is 1. The summed E-state index contributed by atoms with van der Waals surface area (Å²) in [5.74, 6) is 0. The minimum Gasteiger partial charge on any atom is -0.258 e. The smallest absolute Gasteiger partial charge is 0.258 e. The maximum Gasteiger partial charge on any atom is 0.292 e. The summed E-state index contributed by atoms with van der Waals surface area (Å²) in [6.07, 6.45) is 0. The summed E-state index contributed by atoms with van der Waals surface area (Å²) >= 11 is 3.00. The Labute approximate surface area is 66.0 Å². The lowest BCUT2D eigenvalue weighted by Gasteiger charge is -1.90. The Kier molecular flexibility index (Phi) is 2.01. The molecule has 1 rings (SSSR count). The molecule has 0 unspecified atom stereocenters. The molecule has 0 saturated carbocycles. The third kappa shape index (κ3) is 1.33. The average molecular weight is 200 g/mol. The average Bonchev–Trinajstić information content (AvgIpc) is 1.88. The predicted molar refractivity (Wildman–Crippen MR) is 38.5 cm³/mol. The van der Waals surface area contributed by atoms with Gasteiger partial charge in [0.2, 0.25) is 0 Å². The van der Waals surface area contributed by atoms with Crippen molar-refractivity contribution in [3.8, 4) is 0 Å². The Morgan fingerprint density at radius 1 is 1.70 bits per heavy atom. The normalized spacial score (nSPS) is 9.30. The molecule has 0 fully saturated rings. The molecule has 2 radical (unpaired) electrons. The van der Waals surface area contributed by atoms with Gasteiger partial charge in [-0.15, -0.1) is 0 Å². The number of hydrogen-bond acceptors (Lipinski definition) is 2. The third-order valence-corrected chi connectivity index (χ3v) is 1.55. The summed E-state index contributed by atoms with van der Waals surface area (Å²) in [4.78, 5) is 9.63. The molecule has 1 aromatic rings. The van der Waals surface area contributed by atoms with Gasteiger partial charge in [0, 0.05) is 0 Å². The van der Waals surface area contributed by atoms with Crippen LogP contribution in [0.4, 0.5) is 5.69 Å². The second kappa shape index (κ2) is 2.79. The largest absolute Gasteiger partial charge is 0.292 e. The molecule has 4 heteroatoms. The molecule has 50 valence electrons. The van der Waals surface area contributed by atoms with E-state index < -0.39 is 4.92 Å². The van der Waals surface area contributed by atoms with Crippen LogP contribution >= 0.6 is 15.9 Å². The quantitative estimate of drug-likeness (QED) is 0.513. The molecule has 0 aliphatic rings. The molecular weight excluding hydrogens is 198 g/mol. The molecule has 3 nitrogen and oxygen atoms in total. The van der Waals surface area contributed by atoms with Crippen molar-refractivity contribution in [1.82, 2.24) is 0 Å². The Balaban J connectivity index is 3.15.